The Balaban J connectivity index is 2.39. The van der Waals surface area contributed by atoms with Gasteiger partial charge in [-0.1, -0.05) is 39.7 Å². The van der Waals surface area contributed by atoms with Crippen molar-refractivity contribution in [1.29, 1.82) is 0 Å². The summed E-state index contributed by atoms with van der Waals surface area (Å²) in [5.74, 6) is 0. The lowest BCUT2D eigenvalue weighted by molar-refractivity contribution is 0.116. The van der Waals surface area contributed by atoms with Gasteiger partial charge >= 0.3 is 0 Å². The Hall–Kier alpha value is -0.940. The zero-order valence-electron chi connectivity index (χ0n) is 10.8. The maximum atomic E-state index is 9.82. The van der Waals surface area contributed by atoms with Crippen LogP contribution in [0, 0.1) is 0 Å². The van der Waals surface area contributed by atoms with Gasteiger partial charge in [0, 0.05) is 22.3 Å². The minimum absolute atomic E-state index is 0.163. The zero-order valence-corrected chi connectivity index (χ0v) is 13.1. The molecule has 0 atom stereocenters. The molecule has 0 aliphatic rings. The molecule has 0 unspecified atom stereocenters. The molecule has 1 aromatic carbocycles. The Morgan fingerprint density at radius 2 is 1.75 bits per heavy atom. The predicted molar refractivity (Wildman–Crippen MR) is 82.9 cm³/mol. The lowest BCUT2D eigenvalue weighted by Gasteiger charge is -2.31. The van der Waals surface area contributed by atoms with Crippen LogP contribution in [0.25, 0.3) is 0 Å². The topological polar surface area (TPSA) is 53.4 Å². The summed E-state index contributed by atoms with van der Waals surface area (Å²) >= 11 is 9.50. The molecule has 1 heterocycles. The highest BCUT2D eigenvalue weighted by atomic mass is 79.9. The van der Waals surface area contributed by atoms with Crippen LogP contribution in [0.3, 0.4) is 0 Å². The molecular formula is C15H15BrClNO2. The molecule has 0 spiro atoms. The predicted octanol–water partition coefficient (Wildman–Crippen LogP) is 2.96. The van der Waals surface area contributed by atoms with Crippen molar-refractivity contribution in [3.8, 4) is 0 Å². The second-order valence-electron chi connectivity index (χ2n) is 4.75. The van der Waals surface area contributed by atoms with Crippen LogP contribution in [0.1, 0.15) is 11.1 Å². The third-order valence-electron chi connectivity index (χ3n) is 3.45. The molecule has 2 aromatic rings. The summed E-state index contributed by atoms with van der Waals surface area (Å²) < 4.78 is 0.952. The molecule has 0 aliphatic heterocycles. The average molecular weight is 357 g/mol. The van der Waals surface area contributed by atoms with Crippen LogP contribution in [0.2, 0.25) is 5.02 Å². The first-order valence-corrected chi connectivity index (χ1v) is 7.34. The van der Waals surface area contributed by atoms with Crippen LogP contribution >= 0.6 is 27.5 Å². The first-order chi connectivity index (χ1) is 9.61. The van der Waals surface area contributed by atoms with E-state index in [1.165, 1.54) is 0 Å². The van der Waals surface area contributed by atoms with E-state index in [0.29, 0.717) is 11.4 Å². The molecule has 106 valence electrons. The Kier molecular flexibility index (Phi) is 5.16. The molecule has 2 N–H and O–H groups in total. The number of benzene rings is 1. The number of pyridine rings is 1. The minimum atomic E-state index is -0.758. The van der Waals surface area contributed by atoms with Crippen molar-refractivity contribution in [2.24, 2.45) is 0 Å². The standard InChI is InChI=1S/C15H15BrClNO2/c16-13-3-1-12(2-4-13)15(9-19,10-20)7-11-5-6-18-8-14(11)17/h1-6,8,19-20H,7,9-10H2. The quantitative estimate of drug-likeness (QED) is 0.866. The monoisotopic (exact) mass is 355 g/mol. The number of hydrogen-bond donors (Lipinski definition) is 2. The number of aliphatic hydroxyl groups excluding tert-OH is 2. The second-order valence-corrected chi connectivity index (χ2v) is 6.07. The molecule has 3 nitrogen and oxygen atoms in total. The van der Waals surface area contributed by atoms with E-state index in [0.717, 1.165) is 15.6 Å². The van der Waals surface area contributed by atoms with Crippen molar-refractivity contribution in [1.82, 2.24) is 4.98 Å². The summed E-state index contributed by atoms with van der Waals surface area (Å²) in [6, 6.07) is 9.38. The summed E-state index contributed by atoms with van der Waals surface area (Å²) in [6.07, 6.45) is 3.67. The molecule has 0 radical (unpaired) electrons. The van der Waals surface area contributed by atoms with E-state index < -0.39 is 5.41 Å². The lowest BCUT2D eigenvalue weighted by Crippen LogP contribution is -2.37. The normalized spacial score (nSPS) is 11.6. The molecular weight excluding hydrogens is 342 g/mol. The van der Waals surface area contributed by atoms with Crippen molar-refractivity contribution in [2.75, 3.05) is 13.2 Å². The molecule has 0 saturated heterocycles. The highest BCUT2D eigenvalue weighted by Gasteiger charge is 2.32. The first-order valence-electron chi connectivity index (χ1n) is 6.17. The summed E-state index contributed by atoms with van der Waals surface area (Å²) in [6.45, 7) is -0.326. The fraction of sp³-hybridized carbons (Fsp3) is 0.267. The Bertz CT molecular complexity index is 570. The largest absolute Gasteiger partial charge is 0.395 e. The minimum Gasteiger partial charge on any atom is -0.395 e. The summed E-state index contributed by atoms with van der Waals surface area (Å²) in [5.41, 5.74) is 0.970. The molecule has 0 aliphatic carbocycles. The van der Waals surface area contributed by atoms with Crippen molar-refractivity contribution in [3.05, 3.63) is 63.3 Å². The van der Waals surface area contributed by atoms with E-state index in [2.05, 4.69) is 20.9 Å². The Morgan fingerprint density at radius 3 is 2.30 bits per heavy atom. The van der Waals surface area contributed by atoms with E-state index in [1.807, 2.05) is 24.3 Å². The summed E-state index contributed by atoms with van der Waals surface area (Å²) in [7, 11) is 0. The maximum Gasteiger partial charge on any atom is 0.0621 e. The lowest BCUT2D eigenvalue weighted by atomic mass is 9.77. The zero-order chi connectivity index (χ0) is 14.6. The van der Waals surface area contributed by atoms with E-state index in [4.69, 9.17) is 11.6 Å². The van der Waals surface area contributed by atoms with Gasteiger partial charge in [0.15, 0.2) is 0 Å². The van der Waals surface area contributed by atoms with Crippen molar-refractivity contribution >= 4 is 27.5 Å². The number of halogens is 2. The maximum absolute atomic E-state index is 9.82. The molecule has 2 rings (SSSR count). The van der Waals surface area contributed by atoms with Gasteiger partial charge in [-0.15, -0.1) is 0 Å². The van der Waals surface area contributed by atoms with Gasteiger partial charge in [-0.2, -0.15) is 0 Å². The SMILES string of the molecule is OCC(CO)(Cc1ccncc1Cl)c1ccc(Br)cc1. The van der Waals surface area contributed by atoms with Crippen LogP contribution in [0.5, 0.6) is 0 Å². The molecule has 20 heavy (non-hydrogen) atoms. The second kappa shape index (κ2) is 6.68. The van der Waals surface area contributed by atoms with Crippen LogP contribution in [0.4, 0.5) is 0 Å². The van der Waals surface area contributed by atoms with Gasteiger partial charge in [0.2, 0.25) is 0 Å². The Morgan fingerprint density at radius 1 is 1.10 bits per heavy atom. The highest BCUT2D eigenvalue weighted by molar-refractivity contribution is 9.10. The van der Waals surface area contributed by atoms with Gasteiger partial charge < -0.3 is 10.2 Å². The number of hydrogen-bond acceptors (Lipinski definition) is 3. The molecule has 0 saturated carbocycles. The van der Waals surface area contributed by atoms with Gasteiger partial charge in [0.25, 0.3) is 0 Å². The van der Waals surface area contributed by atoms with E-state index >= 15 is 0 Å². The van der Waals surface area contributed by atoms with Gasteiger partial charge in [-0.25, -0.2) is 0 Å². The number of rotatable bonds is 5. The van der Waals surface area contributed by atoms with Crippen molar-refractivity contribution in [2.45, 2.75) is 11.8 Å². The van der Waals surface area contributed by atoms with E-state index in [9.17, 15) is 10.2 Å². The molecule has 5 heteroatoms. The van der Waals surface area contributed by atoms with Gasteiger partial charge in [0.05, 0.1) is 18.2 Å². The van der Waals surface area contributed by atoms with Crippen LogP contribution in [0.15, 0.2) is 47.2 Å². The van der Waals surface area contributed by atoms with Crippen molar-refractivity contribution in [3.63, 3.8) is 0 Å². The molecule has 1 aromatic heterocycles. The van der Waals surface area contributed by atoms with E-state index in [-0.39, 0.29) is 13.2 Å². The Labute approximate surface area is 131 Å². The number of aliphatic hydroxyl groups is 2. The highest BCUT2D eigenvalue weighted by Crippen LogP contribution is 2.31. The van der Waals surface area contributed by atoms with Gasteiger partial charge in [-0.3, -0.25) is 4.98 Å². The van der Waals surface area contributed by atoms with Crippen LogP contribution in [-0.4, -0.2) is 28.4 Å². The molecule has 0 amide bonds. The number of nitrogens with zero attached hydrogens (tertiary/aromatic N) is 1. The van der Waals surface area contributed by atoms with E-state index in [1.54, 1.807) is 18.5 Å². The fourth-order valence-electron chi connectivity index (χ4n) is 2.16. The van der Waals surface area contributed by atoms with Gasteiger partial charge in [0.1, 0.15) is 0 Å². The third kappa shape index (κ3) is 3.20. The van der Waals surface area contributed by atoms with Crippen LogP contribution in [-0.2, 0) is 11.8 Å². The van der Waals surface area contributed by atoms with Crippen LogP contribution < -0.4 is 0 Å². The molecule has 0 fully saturated rings. The first kappa shape index (κ1) is 15.4. The third-order valence-corrected chi connectivity index (χ3v) is 4.32. The van der Waals surface area contributed by atoms with Crippen molar-refractivity contribution < 1.29 is 10.2 Å². The summed E-state index contributed by atoms with van der Waals surface area (Å²) in [4.78, 5) is 3.95. The summed E-state index contributed by atoms with van der Waals surface area (Å²) in [5, 5.41) is 20.2. The fourth-order valence-corrected chi connectivity index (χ4v) is 2.61. The van der Waals surface area contributed by atoms with Gasteiger partial charge in [-0.05, 0) is 35.7 Å². The number of aromatic nitrogens is 1. The average Bonchev–Trinajstić information content (AvgIpc) is 2.48. The molecule has 0 bridgehead atoms. The smallest absolute Gasteiger partial charge is 0.0621 e.